The van der Waals surface area contributed by atoms with E-state index in [0.717, 1.165) is 111 Å². The average molecular weight is 1150 g/mol. The first-order valence-corrected chi connectivity index (χ1v) is 31.0. The van der Waals surface area contributed by atoms with Gasteiger partial charge in [-0.1, -0.05) is 231 Å². The smallest absolute Gasteiger partial charge is 0.0991 e. The van der Waals surface area contributed by atoms with Crippen molar-refractivity contribution in [3.8, 4) is 113 Å². The third-order valence-corrected chi connectivity index (χ3v) is 19.4. The molecule has 0 radical (unpaired) electrons. The van der Waals surface area contributed by atoms with Gasteiger partial charge in [-0.15, -0.1) is 0 Å². The lowest BCUT2D eigenvalue weighted by molar-refractivity contribution is 0.790. The standard InChI is InChI=1S/C87H52N4/c88-53-55-35-41-69-70-42-36-56(54-89)48-78(70)87(77(69)47-55)79-51-63(90-81-33-15-13-27-73(81)75-49-61(37-45-83(75)90)85-65(57-19-5-1-6-20-57)29-17-30-66(85)58-21-7-2-8-22-58)39-43-71(79)72-44-40-64(52-80(72)87)91-82-34-16-14-28-74(82)76-50-62(38-46-84(76)91)86-67(59-23-9-3-10-24-59)31-18-32-68(86)60-25-11-4-12-26-60/h1-52H. The molecule has 0 fully saturated rings. The summed E-state index contributed by atoms with van der Waals surface area (Å²) in [6.07, 6.45) is 0. The SMILES string of the molecule is N#Cc1ccc2c(c1)C1(c3cc(C#N)ccc3-2)c2cc(-n3c4ccccc4c4cc(-c5c(-c6ccccc6)cccc5-c5ccccc5)ccc43)ccc2-c2ccc(-n3c4ccccc4c4cc(-c5c(-c6ccccc6)cccc5-c5ccccc5)ccc43)cc21. The second-order valence-electron chi connectivity index (χ2n) is 24.0. The van der Waals surface area contributed by atoms with Crippen LogP contribution in [-0.2, 0) is 5.41 Å². The zero-order valence-electron chi connectivity index (χ0n) is 49.3. The molecule has 1 spiro atoms. The number of benzene rings is 14. The summed E-state index contributed by atoms with van der Waals surface area (Å²) in [6, 6.07) is 119. The van der Waals surface area contributed by atoms with Crippen LogP contribution in [0.3, 0.4) is 0 Å². The molecule has 2 aliphatic carbocycles. The Labute approximate surface area is 526 Å². The topological polar surface area (TPSA) is 57.4 Å². The van der Waals surface area contributed by atoms with Crippen LogP contribution in [0.5, 0.6) is 0 Å². The number of hydrogen-bond acceptors (Lipinski definition) is 2. The van der Waals surface area contributed by atoms with Gasteiger partial charge in [-0.25, -0.2) is 0 Å². The number of para-hydroxylation sites is 2. The zero-order chi connectivity index (χ0) is 60.3. The number of nitrogens with zero attached hydrogens (tertiary/aromatic N) is 4. The molecule has 2 aromatic heterocycles. The second kappa shape index (κ2) is 20.4. The molecule has 0 N–H and O–H groups in total. The molecule has 0 amide bonds. The van der Waals surface area contributed by atoms with E-state index in [2.05, 4.69) is 325 Å². The number of rotatable bonds is 8. The highest BCUT2D eigenvalue weighted by atomic mass is 15.0. The molecule has 0 unspecified atom stereocenters. The summed E-state index contributed by atoms with van der Waals surface area (Å²) >= 11 is 0. The predicted octanol–water partition coefficient (Wildman–Crippen LogP) is 22.0. The molecular formula is C87H52N4. The lowest BCUT2D eigenvalue weighted by atomic mass is 9.70. The molecule has 0 atom stereocenters. The molecule has 4 nitrogen and oxygen atoms in total. The van der Waals surface area contributed by atoms with Gasteiger partial charge < -0.3 is 9.13 Å². The second-order valence-corrected chi connectivity index (χ2v) is 24.0. The van der Waals surface area contributed by atoms with Crippen molar-refractivity contribution in [2.24, 2.45) is 0 Å². The summed E-state index contributed by atoms with van der Waals surface area (Å²) in [4.78, 5) is 0. The Morgan fingerprint density at radius 2 is 0.549 bits per heavy atom. The largest absolute Gasteiger partial charge is 0.309 e. The molecule has 0 bridgehead atoms. The number of aromatic nitrogens is 2. The van der Waals surface area contributed by atoms with Gasteiger partial charge in [-0.05, 0) is 196 Å². The van der Waals surface area contributed by atoms with Crippen LogP contribution >= 0.6 is 0 Å². The Bertz CT molecular complexity index is 5300. The molecule has 2 heterocycles. The highest BCUT2D eigenvalue weighted by molar-refractivity contribution is 6.13. The summed E-state index contributed by atoms with van der Waals surface area (Å²) in [6.45, 7) is 0. The van der Waals surface area contributed by atoms with E-state index in [1.54, 1.807) is 0 Å². The van der Waals surface area contributed by atoms with Crippen LogP contribution in [0.15, 0.2) is 315 Å². The van der Waals surface area contributed by atoms with Crippen LogP contribution in [0.25, 0.3) is 144 Å². The zero-order valence-corrected chi connectivity index (χ0v) is 49.3. The van der Waals surface area contributed by atoms with Gasteiger partial charge in [0, 0.05) is 32.9 Å². The first-order chi connectivity index (χ1) is 45.0. The fourth-order valence-corrected chi connectivity index (χ4v) is 15.6. The molecule has 420 valence electrons. The summed E-state index contributed by atoms with van der Waals surface area (Å²) in [7, 11) is 0. The van der Waals surface area contributed by atoms with Crippen LogP contribution in [0.1, 0.15) is 33.4 Å². The van der Waals surface area contributed by atoms with Crippen LogP contribution in [-0.4, -0.2) is 9.13 Å². The molecule has 0 aliphatic heterocycles. The van der Waals surface area contributed by atoms with Crippen LogP contribution < -0.4 is 0 Å². The quantitative estimate of drug-likeness (QED) is 0.152. The highest BCUT2D eigenvalue weighted by Gasteiger charge is 2.52. The number of nitriles is 2. The van der Waals surface area contributed by atoms with E-state index in [4.69, 9.17) is 0 Å². The number of hydrogen-bond donors (Lipinski definition) is 0. The van der Waals surface area contributed by atoms with Gasteiger partial charge in [0.05, 0.1) is 50.7 Å². The van der Waals surface area contributed by atoms with Crippen molar-refractivity contribution < 1.29 is 0 Å². The minimum absolute atomic E-state index is 0.582. The molecule has 2 aliphatic rings. The summed E-state index contributed by atoms with van der Waals surface area (Å²) in [5.74, 6) is 0. The van der Waals surface area contributed by atoms with Crippen LogP contribution in [0.4, 0.5) is 0 Å². The van der Waals surface area contributed by atoms with E-state index < -0.39 is 5.41 Å². The van der Waals surface area contributed by atoms with E-state index >= 15 is 0 Å². The fraction of sp³-hybridized carbons (Fsp3) is 0.0115. The lowest BCUT2D eigenvalue weighted by Gasteiger charge is -2.31. The van der Waals surface area contributed by atoms with E-state index in [-0.39, 0.29) is 0 Å². The third kappa shape index (κ3) is 7.74. The van der Waals surface area contributed by atoms with Crippen LogP contribution in [0.2, 0.25) is 0 Å². The lowest BCUT2D eigenvalue weighted by Crippen LogP contribution is -2.26. The molecule has 0 saturated carbocycles. The molecule has 91 heavy (non-hydrogen) atoms. The maximum Gasteiger partial charge on any atom is 0.0991 e. The van der Waals surface area contributed by atoms with Crippen LogP contribution in [0, 0.1) is 22.7 Å². The Balaban J connectivity index is 0.856. The molecule has 4 heteroatoms. The van der Waals surface area contributed by atoms with Gasteiger partial charge in [0.1, 0.15) is 0 Å². The highest BCUT2D eigenvalue weighted by Crippen LogP contribution is 2.64. The first kappa shape index (κ1) is 51.8. The van der Waals surface area contributed by atoms with Crippen molar-refractivity contribution >= 4 is 43.6 Å². The fourth-order valence-electron chi connectivity index (χ4n) is 15.6. The van der Waals surface area contributed by atoms with Gasteiger partial charge in [0.25, 0.3) is 0 Å². The minimum atomic E-state index is -0.928. The van der Waals surface area contributed by atoms with Crippen molar-refractivity contribution in [1.29, 1.82) is 10.5 Å². The maximum atomic E-state index is 10.8. The monoisotopic (exact) mass is 1150 g/mol. The van der Waals surface area contributed by atoms with Crippen molar-refractivity contribution in [3.63, 3.8) is 0 Å². The Morgan fingerprint density at radius 3 is 0.912 bits per heavy atom. The predicted molar refractivity (Wildman–Crippen MR) is 373 cm³/mol. The van der Waals surface area contributed by atoms with E-state index in [1.165, 1.54) is 55.6 Å². The van der Waals surface area contributed by atoms with E-state index in [0.29, 0.717) is 11.1 Å². The maximum absolute atomic E-state index is 10.8. The van der Waals surface area contributed by atoms with Crippen molar-refractivity contribution in [1.82, 2.24) is 9.13 Å². The molecule has 16 aromatic rings. The molecule has 0 saturated heterocycles. The van der Waals surface area contributed by atoms with Gasteiger partial charge in [0.2, 0.25) is 0 Å². The molecule has 14 aromatic carbocycles. The van der Waals surface area contributed by atoms with Crippen molar-refractivity contribution in [2.75, 3.05) is 0 Å². The van der Waals surface area contributed by atoms with E-state index in [1.807, 2.05) is 12.1 Å². The van der Waals surface area contributed by atoms with Gasteiger partial charge in [-0.3, -0.25) is 0 Å². The van der Waals surface area contributed by atoms with Crippen molar-refractivity contribution in [3.05, 3.63) is 349 Å². The first-order valence-electron chi connectivity index (χ1n) is 31.0. The Morgan fingerprint density at radius 1 is 0.231 bits per heavy atom. The Kier molecular flexibility index (Phi) is 11.6. The van der Waals surface area contributed by atoms with Crippen molar-refractivity contribution in [2.45, 2.75) is 5.41 Å². The van der Waals surface area contributed by atoms with Gasteiger partial charge in [-0.2, -0.15) is 10.5 Å². The molecular weight excluding hydrogens is 1100 g/mol. The average Bonchev–Trinajstić information content (AvgIpc) is 1.51. The summed E-state index contributed by atoms with van der Waals surface area (Å²) in [5.41, 5.74) is 29.3. The third-order valence-electron chi connectivity index (χ3n) is 19.4. The number of fused-ring (bicyclic) bond motifs is 16. The minimum Gasteiger partial charge on any atom is -0.309 e. The van der Waals surface area contributed by atoms with Gasteiger partial charge >= 0.3 is 0 Å². The summed E-state index contributed by atoms with van der Waals surface area (Å²) < 4.78 is 4.86. The van der Waals surface area contributed by atoms with Gasteiger partial charge in [0.15, 0.2) is 0 Å². The Hall–Kier alpha value is -12.3. The summed E-state index contributed by atoms with van der Waals surface area (Å²) in [5, 5.41) is 26.2. The normalized spacial score (nSPS) is 12.5. The molecule has 18 rings (SSSR count). The van der Waals surface area contributed by atoms with E-state index in [9.17, 15) is 10.5 Å².